The van der Waals surface area contributed by atoms with Crippen LogP contribution in [-0.2, 0) is 44.8 Å². The average molecular weight is 740 g/mol. The van der Waals surface area contributed by atoms with Gasteiger partial charge in [-0.25, -0.2) is 0 Å². The maximum absolute atomic E-state index is 13.5. The first-order valence-electron chi connectivity index (χ1n) is 16.3. The van der Waals surface area contributed by atoms with Gasteiger partial charge in [0.05, 0.1) is 18.6 Å². The Bertz CT molecular complexity index is 1350. The molecule has 0 fully saturated rings. The molecule has 51 heavy (non-hydrogen) atoms. The summed E-state index contributed by atoms with van der Waals surface area (Å²) in [5.74, 6) is -6.84. The van der Waals surface area contributed by atoms with Crippen molar-refractivity contribution in [2.24, 2.45) is 17.2 Å². The van der Waals surface area contributed by atoms with Crippen LogP contribution in [0.25, 0.3) is 0 Å². The molecule has 0 bridgehead atoms. The number of primary amides is 1. The number of amides is 5. The second kappa shape index (κ2) is 23.7. The molecule has 6 atom stereocenters. The van der Waals surface area contributed by atoms with Crippen LogP contribution in [0.5, 0.6) is 0 Å². The fourth-order valence-corrected chi connectivity index (χ4v) is 5.40. The largest absolute Gasteiger partial charge is 0.481 e. The molecular formula is C32H49N7O11S. The van der Waals surface area contributed by atoms with Crippen molar-refractivity contribution >= 4 is 58.4 Å². The molecule has 0 spiro atoms. The number of carboxylic acids is 2. The Kier molecular flexibility index (Phi) is 20.7. The minimum absolute atomic E-state index is 0.000883. The molecular weight excluding hydrogens is 690 g/mol. The van der Waals surface area contributed by atoms with Gasteiger partial charge in [-0.2, -0.15) is 0 Å². The zero-order valence-corrected chi connectivity index (χ0v) is 29.2. The number of benzene rings is 1. The molecule has 0 unspecified atom stereocenters. The van der Waals surface area contributed by atoms with Gasteiger partial charge in [0.15, 0.2) is 0 Å². The van der Waals surface area contributed by atoms with Gasteiger partial charge in [0.1, 0.15) is 24.2 Å². The third kappa shape index (κ3) is 18.3. The number of carbonyl (C=O) groups excluding carboxylic acids is 6. The monoisotopic (exact) mass is 739 g/mol. The Morgan fingerprint density at radius 3 is 1.86 bits per heavy atom. The van der Waals surface area contributed by atoms with Crippen molar-refractivity contribution in [1.82, 2.24) is 21.3 Å². The van der Waals surface area contributed by atoms with E-state index in [9.17, 15) is 48.6 Å². The molecule has 5 amide bonds. The van der Waals surface area contributed by atoms with Crippen LogP contribution in [0.1, 0.15) is 63.9 Å². The van der Waals surface area contributed by atoms with Crippen LogP contribution in [-0.4, -0.2) is 111 Å². The van der Waals surface area contributed by atoms with E-state index >= 15 is 0 Å². The van der Waals surface area contributed by atoms with Gasteiger partial charge in [-0.15, -0.1) is 0 Å². The lowest BCUT2D eigenvalue weighted by Gasteiger charge is -2.28. The number of unbranched alkanes of at least 4 members (excludes halogenated alkanes) is 1. The summed E-state index contributed by atoms with van der Waals surface area (Å²) in [5, 5.41) is 37.9. The normalized spacial score (nSPS) is 14.4. The summed E-state index contributed by atoms with van der Waals surface area (Å²) in [7, 11) is 0. The number of rotatable bonds is 25. The van der Waals surface area contributed by atoms with Crippen molar-refractivity contribution < 1.29 is 53.7 Å². The van der Waals surface area contributed by atoms with Gasteiger partial charge in [-0.1, -0.05) is 42.1 Å². The first-order chi connectivity index (χ1) is 24.0. The number of carboxylic acid groups (broad SMARTS) is 2. The Hall–Kier alpha value is -4.59. The number of aliphatic carboxylic acids is 2. The van der Waals surface area contributed by atoms with Crippen LogP contribution < -0.4 is 38.5 Å². The van der Waals surface area contributed by atoms with Gasteiger partial charge in [0.25, 0.3) is 0 Å². The molecule has 1 aromatic carbocycles. The summed E-state index contributed by atoms with van der Waals surface area (Å²) < 4.78 is 0. The summed E-state index contributed by atoms with van der Waals surface area (Å²) in [6, 6.07) is 1.71. The van der Waals surface area contributed by atoms with E-state index in [2.05, 4.69) is 21.3 Å². The number of nitrogens with two attached hydrogens (primary N) is 3. The van der Waals surface area contributed by atoms with E-state index in [0.29, 0.717) is 30.2 Å². The number of thioether (sulfide) groups is 1. The predicted octanol–water partition coefficient (Wildman–Crippen LogP) is -2.13. The van der Waals surface area contributed by atoms with E-state index in [1.807, 2.05) is 0 Å². The zero-order valence-electron chi connectivity index (χ0n) is 28.4. The van der Waals surface area contributed by atoms with Crippen molar-refractivity contribution in [3.8, 4) is 0 Å². The Morgan fingerprint density at radius 2 is 1.29 bits per heavy atom. The fraction of sp³-hybridized carbons (Fsp3) is 0.562. The van der Waals surface area contributed by atoms with Gasteiger partial charge in [-0.3, -0.25) is 38.4 Å². The lowest BCUT2D eigenvalue weighted by Crippen LogP contribution is -2.61. The number of aliphatic hydroxyl groups excluding tert-OH is 1. The molecule has 18 nitrogen and oxygen atoms in total. The second-order valence-electron chi connectivity index (χ2n) is 11.7. The second-order valence-corrected chi connectivity index (χ2v) is 12.8. The minimum Gasteiger partial charge on any atom is -0.481 e. The highest BCUT2D eigenvalue weighted by Crippen LogP contribution is 2.14. The van der Waals surface area contributed by atoms with Crippen LogP contribution in [0.15, 0.2) is 30.3 Å². The third-order valence-electron chi connectivity index (χ3n) is 7.40. The third-order valence-corrected chi connectivity index (χ3v) is 8.38. The molecule has 0 saturated carbocycles. The molecule has 19 heteroatoms. The van der Waals surface area contributed by atoms with E-state index in [4.69, 9.17) is 22.3 Å². The molecule has 0 saturated heterocycles. The Morgan fingerprint density at radius 1 is 0.725 bits per heavy atom. The number of nitrogens with one attached hydrogen (secondary N) is 4. The summed E-state index contributed by atoms with van der Waals surface area (Å²) >= 11 is 0.691. The summed E-state index contributed by atoms with van der Waals surface area (Å²) in [6.45, 7) is 1.47. The van der Waals surface area contributed by atoms with Crippen molar-refractivity contribution in [3.63, 3.8) is 0 Å². The van der Waals surface area contributed by atoms with Crippen LogP contribution in [0.2, 0.25) is 0 Å². The number of aliphatic hydroxyl groups is 1. The molecule has 0 aliphatic carbocycles. The van der Waals surface area contributed by atoms with E-state index < -0.39 is 95.7 Å². The molecule has 1 aromatic rings. The molecule has 1 rings (SSSR count). The quantitative estimate of drug-likeness (QED) is 0.0479. The van der Waals surface area contributed by atoms with Crippen LogP contribution in [0.3, 0.4) is 0 Å². The highest BCUT2D eigenvalue weighted by Gasteiger charge is 2.34. The van der Waals surface area contributed by atoms with Gasteiger partial charge in [0.2, 0.25) is 34.7 Å². The van der Waals surface area contributed by atoms with E-state index in [0.717, 1.165) is 0 Å². The average Bonchev–Trinajstić information content (AvgIpc) is 3.06. The molecule has 0 aliphatic heterocycles. The number of hydrogen-bond acceptors (Lipinski definition) is 12. The van der Waals surface area contributed by atoms with Crippen molar-refractivity contribution in [1.29, 1.82) is 0 Å². The van der Waals surface area contributed by atoms with E-state index in [-0.39, 0.29) is 44.4 Å². The standard InChI is InChI=1S/C32H49N7O11S/c1-18(40)27(39-30(48)21(9-5-6-15-33)36-28(46)20(34)10-12-24(35)41)31(49)37-22(11-13-25(42)43)29(47)38-23(17-19-7-3-2-4-8-19)32(50)51-16-14-26(44)45/h2-4,7-8,18,20-23,27,40H,5-6,9-17,33-34H2,1H3,(H2,35,41)(H,36,46)(H,37,49)(H,38,47)(H,39,48)(H,42,43)(H,44,45)/t18-,20+,21+,22+,23+,27+/m1/s1. The Balaban J connectivity index is 3.21. The van der Waals surface area contributed by atoms with Crippen LogP contribution in [0, 0.1) is 0 Å². The van der Waals surface area contributed by atoms with E-state index in [1.165, 1.54) is 6.92 Å². The van der Waals surface area contributed by atoms with Crippen LogP contribution >= 0.6 is 11.8 Å². The molecule has 284 valence electrons. The van der Waals surface area contributed by atoms with Crippen LogP contribution in [0.4, 0.5) is 0 Å². The number of carbonyl (C=O) groups is 8. The van der Waals surface area contributed by atoms with Gasteiger partial charge in [0, 0.05) is 25.0 Å². The lowest BCUT2D eigenvalue weighted by molar-refractivity contribution is -0.139. The van der Waals surface area contributed by atoms with Crippen molar-refractivity contribution in [2.45, 2.75) is 101 Å². The minimum atomic E-state index is -1.69. The summed E-state index contributed by atoms with van der Waals surface area (Å²) in [4.78, 5) is 99.5. The molecule has 13 N–H and O–H groups in total. The van der Waals surface area contributed by atoms with Gasteiger partial charge >= 0.3 is 11.9 Å². The lowest BCUT2D eigenvalue weighted by atomic mass is 10.0. The first kappa shape index (κ1) is 44.4. The van der Waals surface area contributed by atoms with Gasteiger partial charge < -0.3 is 53.8 Å². The van der Waals surface area contributed by atoms with Crippen molar-refractivity contribution in [3.05, 3.63) is 35.9 Å². The topological polar surface area (TPSA) is 323 Å². The zero-order chi connectivity index (χ0) is 38.5. The highest BCUT2D eigenvalue weighted by atomic mass is 32.2. The first-order valence-corrected chi connectivity index (χ1v) is 17.3. The molecule has 0 radical (unpaired) electrons. The molecule has 0 aromatic heterocycles. The smallest absolute Gasteiger partial charge is 0.304 e. The number of hydrogen-bond donors (Lipinski definition) is 10. The molecule has 0 heterocycles. The summed E-state index contributed by atoms with van der Waals surface area (Å²) in [5.41, 5.74) is 17.1. The highest BCUT2D eigenvalue weighted by molar-refractivity contribution is 8.13. The fourth-order valence-electron chi connectivity index (χ4n) is 4.58. The maximum atomic E-state index is 13.5. The summed E-state index contributed by atoms with van der Waals surface area (Å²) in [6.07, 6.45) is -2.21. The van der Waals surface area contributed by atoms with E-state index in [1.54, 1.807) is 30.3 Å². The SMILES string of the molecule is C[C@@H](O)[C@H](NC(=O)[C@H](CCCCN)NC(=O)[C@@H](N)CCC(N)=O)C(=O)N[C@@H](CCC(=O)O)C(=O)N[C@@H](Cc1ccccc1)C(=O)SCCC(=O)O. The maximum Gasteiger partial charge on any atom is 0.304 e. The van der Waals surface area contributed by atoms with Gasteiger partial charge in [-0.05, 0) is 51.1 Å². The van der Waals surface area contributed by atoms with Crippen molar-refractivity contribution in [2.75, 3.05) is 12.3 Å². The Labute approximate surface area is 299 Å². The molecule has 0 aliphatic rings. The predicted molar refractivity (Wildman–Crippen MR) is 185 cm³/mol.